The van der Waals surface area contributed by atoms with Crippen LogP contribution in [0.3, 0.4) is 0 Å². The summed E-state index contributed by atoms with van der Waals surface area (Å²) in [7, 11) is 0. The largest absolute Gasteiger partial charge is 0.491 e. The summed E-state index contributed by atoms with van der Waals surface area (Å²) in [5, 5.41) is 35.6. The number of aliphatic hydroxyl groups excluding tert-OH is 2. The van der Waals surface area contributed by atoms with Crippen LogP contribution in [0.25, 0.3) is 0 Å². The van der Waals surface area contributed by atoms with Crippen LogP contribution in [0.4, 0.5) is 0 Å². The lowest BCUT2D eigenvalue weighted by atomic mass is 10.2. The average Bonchev–Trinajstić information content (AvgIpc) is 2.76. The lowest BCUT2D eigenvalue weighted by molar-refractivity contribution is -0.0288. The fourth-order valence-corrected chi connectivity index (χ4v) is 2.45. The van der Waals surface area contributed by atoms with Gasteiger partial charge in [-0.15, -0.1) is 0 Å². The summed E-state index contributed by atoms with van der Waals surface area (Å²) < 4.78 is 21.2. The fraction of sp³-hybridized carbons (Fsp3) is 0.364. The first kappa shape index (κ1) is 23.2. The zero-order valence-corrected chi connectivity index (χ0v) is 17.1. The van der Waals surface area contributed by atoms with Crippen LogP contribution in [-0.4, -0.2) is 60.6 Å². The summed E-state index contributed by atoms with van der Waals surface area (Å²) in [6, 6.07) is 13.4. The number of rotatable bonds is 11. The van der Waals surface area contributed by atoms with Gasteiger partial charge in [-0.2, -0.15) is 0 Å². The molecule has 2 aromatic carbocycles. The Bertz CT molecular complexity index is 738. The Balaban J connectivity index is 1.77. The molecule has 162 valence electrons. The Morgan fingerprint density at radius 3 is 1.33 bits per heavy atom. The highest BCUT2D eigenvalue weighted by molar-refractivity contribution is 5.92. The van der Waals surface area contributed by atoms with Gasteiger partial charge in [0.2, 0.25) is 11.8 Å². The van der Waals surface area contributed by atoms with Crippen LogP contribution >= 0.6 is 0 Å². The number of aliphatic hydroxyl groups is 2. The normalized spacial score (nSPS) is 12.5. The number of benzene rings is 2. The zero-order chi connectivity index (χ0) is 21.9. The topological polar surface area (TPSA) is 125 Å². The molecule has 0 aliphatic rings. The van der Waals surface area contributed by atoms with Crippen molar-refractivity contribution < 1.29 is 29.2 Å². The molecule has 0 aliphatic heterocycles. The van der Waals surface area contributed by atoms with E-state index in [-0.39, 0.29) is 25.0 Å². The first-order chi connectivity index (χ1) is 14.4. The predicted octanol–water partition coefficient (Wildman–Crippen LogP) is 2.59. The van der Waals surface area contributed by atoms with Crippen LogP contribution in [0.2, 0.25) is 0 Å². The van der Waals surface area contributed by atoms with E-state index in [0.717, 1.165) is 0 Å². The van der Waals surface area contributed by atoms with Gasteiger partial charge in [0.15, 0.2) is 0 Å². The molecule has 0 fully saturated rings. The van der Waals surface area contributed by atoms with Gasteiger partial charge in [0.1, 0.15) is 36.9 Å². The molecule has 30 heavy (non-hydrogen) atoms. The Kier molecular flexibility index (Phi) is 9.11. The monoisotopic (exact) mass is 416 g/mol. The van der Waals surface area contributed by atoms with Gasteiger partial charge in [-0.1, -0.05) is 0 Å². The highest BCUT2D eigenvalue weighted by Crippen LogP contribution is 2.15. The molecule has 4 N–H and O–H groups in total. The second-order valence-electron chi connectivity index (χ2n) is 6.33. The van der Waals surface area contributed by atoms with Crippen LogP contribution in [0.15, 0.2) is 48.5 Å². The molecule has 0 spiro atoms. The van der Waals surface area contributed by atoms with Crippen molar-refractivity contribution in [2.75, 3.05) is 26.4 Å². The summed E-state index contributed by atoms with van der Waals surface area (Å²) >= 11 is 0. The third kappa shape index (κ3) is 7.06. The third-order valence-electron chi connectivity index (χ3n) is 4.10. The van der Waals surface area contributed by atoms with Crippen molar-refractivity contribution in [3.8, 4) is 11.5 Å². The van der Waals surface area contributed by atoms with Crippen molar-refractivity contribution >= 4 is 11.8 Å². The van der Waals surface area contributed by atoms with Crippen LogP contribution in [0.1, 0.15) is 25.0 Å². The molecule has 2 atom stereocenters. The van der Waals surface area contributed by atoms with E-state index in [1.165, 1.54) is 0 Å². The van der Waals surface area contributed by atoms with Gasteiger partial charge >= 0.3 is 0 Å². The fourth-order valence-electron chi connectivity index (χ4n) is 2.45. The standard InChI is InChI=1S/C22H28N2O6/c1-3-27-21(23)15-5-9-17(10-6-15)29-13-19(25)20(26)14-30-18-11-7-16(8-12-18)22(24)28-4-2/h5-12,19-20,23-26H,3-4,13-14H2,1-2H3/t19-,20+. The number of hydrogen-bond donors (Lipinski definition) is 4. The van der Waals surface area contributed by atoms with Crippen molar-refractivity contribution in [3.05, 3.63) is 59.7 Å². The minimum absolute atomic E-state index is 0.0828. The lowest BCUT2D eigenvalue weighted by Gasteiger charge is -2.19. The van der Waals surface area contributed by atoms with E-state index in [2.05, 4.69) is 0 Å². The van der Waals surface area contributed by atoms with E-state index >= 15 is 0 Å². The molecule has 8 nitrogen and oxygen atoms in total. The molecule has 8 heteroatoms. The molecule has 0 amide bonds. The van der Waals surface area contributed by atoms with Crippen molar-refractivity contribution in [1.29, 1.82) is 10.8 Å². The second-order valence-corrected chi connectivity index (χ2v) is 6.33. The van der Waals surface area contributed by atoms with Gasteiger partial charge < -0.3 is 29.2 Å². The molecule has 0 saturated heterocycles. The number of ether oxygens (including phenoxy) is 4. The molecule has 0 radical (unpaired) electrons. The van der Waals surface area contributed by atoms with Gasteiger partial charge in [0.05, 0.1) is 13.2 Å². The first-order valence-electron chi connectivity index (χ1n) is 9.69. The highest BCUT2D eigenvalue weighted by Gasteiger charge is 2.18. The maximum absolute atomic E-state index is 10.1. The number of nitrogens with one attached hydrogen (secondary N) is 2. The van der Waals surface area contributed by atoms with Gasteiger partial charge in [-0.05, 0) is 62.4 Å². The quantitative estimate of drug-likeness (QED) is 0.330. The summed E-state index contributed by atoms with van der Waals surface area (Å²) in [5.74, 6) is 1.17. The van der Waals surface area contributed by atoms with Crippen LogP contribution in [-0.2, 0) is 9.47 Å². The molecule has 2 rings (SSSR count). The van der Waals surface area contributed by atoms with Crippen molar-refractivity contribution in [2.24, 2.45) is 0 Å². The molecule has 0 aliphatic carbocycles. The maximum atomic E-state index is 10.1. The van der Waals surface area contributed by atoms with Gasteiger partial charge in [0, 0.05) is 11.1 Å². The molecule has 0 aromatic heterocycles. The SMILES string of the molecule is CCOC(=N)c1ccc(OC[C@@H](O)[C@@H](O)COc2ccc(C(=N)OCC)cc2)cc1. The van der Waals surface area contributed by atoms with E-state index in [1.807, 2.05) is 13.8 Å². The molecule has 0 heterocycles. The van der Waals surface area contributed by atoms with E-state index in [1.54, 1.807) is 48.5 Å². The second kappa shape index (κ2) is 11.8. The molecular weight excluding hydrogens is 388 g/mol. The van der Waals surface area contributed by atoms with Gasteiger partial charge in [-0.3, -0.25) is 10.8 Å². The van der Waals surface area contributed by atoms with Crippen LogP contribution in [0.5, 0.6) is 11.5 Å². The first-order valence-corrected chi connectivity index (χ1v) is 9.69. The van der Waals surface area contributed by atoms with E-state index < -0.39 is 12.2 Å². The lowest BCUT2D eigenvalue weighted by Crippen LogP contribution is -2.36. The molecular formula is C22H28N2O6. The molecule has 0 bridgehead atoms. The minimum Gasteiger partial charge on any atom is -0.491 e. The summed E-state index contributed by atoms with van der Waals surface area (Å²) in [5.41, 5.74) is 1.25. The summed E-state index contributed by atoms with van der Waals surface area (Å²) in [6.45, 7) is 4.24. The van der Waals surface area contributed by atoms with E-state index in [0.29, 0.717) is 35.8 Å². The van der Waals surface area contributed by atoms with Crippen molar-refractivity contribution in [3.63, 3.8) is 0 Å². The smallest absolute Gasteiger partial charge is 0.213 e. The summed E-state index contributed by atoms with van der Waals surface area (Å²) in [4.78, 5) is 0. The van der Waals surface area contributed by atoms with Crippen molar-refractivity contribution in [2.45, 2.75) is 26.1 Å². The Hall–Kier alpha value is -3.10. The van der Waals surface area contributed by atoms with Crippen LogP contribution in [0, 0.1) is 10.8 Å². The Morgan fingerprint density at radius 2 is 1.03 bits per heavy atom. The molecule has 0 unspecified atom stereocenters. The highest BCUT2D eigenvalue weighted by atomic mass is 16.5. The Morgan fingerprint density at radius 1 is 0.700 bits per heavy atom. The van der Waals surface area contributed by atoms with E-state index in [9.17, 15) is 10.2 Å². The number of hydrogen-bond acceptors (Lipinski definition) is 8. The van der Waals surface area contributed by atoms with Gasteiger partial charge in [-0.25, -0.2) is 0 Å². The molecule has 2 aromatic rings. The summed E-state index contributed by atoms with van der Waals surface area (Å²) in [6.07, 6.45) is -2.28. The average molecular weight is 416 g/mol. The van der Waals surface area contributed by atoms with Crippen molar-refractivity contribution in [1.82, 2.24) is 0 Å². The zero-order valence-electron chi connectivity index (χ0n) is 17.1. The van der Waals surface area contributed by atoms with E-state index in [4.69, 9.17) is 29.8 Å². The third-order valence-corrected chi connectivity index (χ3v) is 4.10. The predicted molar refractivity (Wildman–Crippen MR) is 113 cm³/mol. The molecule has 0 saturated carbocycles. The van der Waals surface area contributed by atoms with Gasteiger partial charge in [0.25, 0.3) is 0 Å². The minimum atomic E-state index is -1.14. The Labute approximate surface area is 176 Å². The van der Waals surface area contributed by atoms with Crippen LogP contribution < -0.4 is 9.47 Å². The maximum Gasteiger partial charge on any atom is 0.213 e.